The normalized spacial score (nSPS) is 20.8. The van der Waals surface area contributed by atoms with Gasteiger partial charge in [0.15, 0.2) is 0 Å². The average molecular weight is 255 g/mol. The maximum absolute atomic E-state index is 5.87. The molecule has 0 bridgehead atoms. The Balaban J connectivity index is 2.11. The SMILES string of the molecule is CN1CCN(C(C(N)=S)c2ccsc2)CC1. The number of thiophene rings is 1. The number of likely N-dealkylation sites (N-methyl/N-ethyl adjacent to an activating group) is 1. The Morgan fingerprint density at radius 1 is 1.44 bits per heavy atom. The van der Waals surface area contributed by atoms with Gasteiger partial charge in [0.1, 0.15) is 0 Å². The van der Waals surface area contributed by atoms with Crippen LogP contribution in [0.3, 0.4) is 0 Å². The molecule has 0 radical (unpaired) electrons. The Kier molecular flexibility index (Phi) is 3.91. The van der Waals surface area contributed by atoms with Gasteiger partial charge in [-0.3, -0.25) is 4.90 Å². The zero-order chi connectivity index (χ0) is 11.5. The first-order chi connectivity index (χ1) is 7.68. The third-order valence-corrected chi connectivity index (χ3v) is 3.96. The number of hydrogen-bond acceptors (Lipinski definition) is 4. The van der Waals surface area contributed by atoms with Crippen molar-refractivity contribution in [1.29, 1.82) is 0 Å². The lowest BCUT2D eigenvalue weighted by Gasteiger charge is -2.37. The summed E-state index contributed by atoms with van der Waals surface area (Å²) in [5.41, 5.74) is 7.11. The van der Waals surface area contributed by atoms with Crippen LogP contribution in [-0.2, 0) is 0 Å². The van der Waals surface area contributed by atoms with E-state index in [9.17, 15) is 0 Å². The monoisotopic (exact) mass is 255 g/mol. The molecule has 0 aliphatic carbocycles. The molecule has 16 heavy (non-hydrogen) atoms. The first-order valence-corrected chi connectivity index (χ1v) is 6.77. The summed E-state index contributed by atoms with van der Waals surface area (Å²) in [5.74, 6) is 0. The zero-order valence-electron chi connectivity index (χ0n) is 9.43. The summed E-state index contributed by atoms with van der Waals surface area (Å²) in [6, 6.07) is 2.24. The van der Waals surface area contributed by atoms with Crippen molar-refractivity contribution >= 4 is 28.5 Å². The molecule has 5 heteroatoms. The average Bonchev–Trinajstić information content (AvgIpc) is 2.74. The van der Waals surface area contributed by atoms with Crippen LogP contribution in [0.2, 0.25) is 0 Å². The van der Waals surface area contributed by atoms with Crippen molar-refractivity contribution in [3.05, 3.63) is 22.4 Å². The van der Waals surface area contributed by atoms with Gasteiger partial charge in [-0.2, -0.15) is 11.3 Å². The summed E-state index contributed by atoms with van der Waals surface area (Å²) >= 11 is 6.90. The van der Waals surface area contributed by atoms with Crippen LogP contribution in [0.5, 0.6) is 0 Å². The first kappa shape index (κ1) is 12.0. The maximum atomic E-state index is 5.87. The summed E-state index contributed by atoms with van der Waals surface area (Å²) in [6.45, 7) is 4.25. The summed E-state index contributed by atoms with van der Waals surface area (Å²) in [6.07, 6.45) is 0. The smallest absolute Gasteiger partial charge is 0.0948 e. The Hall–Kier alpha value is -0.490. The van der Waals surface area contributed by atoms with Gasteiger partial charge < -0.3 is 10.6 Å². The molecule has 1 aromatic rings. The largest absolute Gasteiger partial charge is 0.392 e. The van der Waals surface area contributed by atoms with E-state index in [0.29, 0.717) is 4.99 Å². The fraction of sp³-hybridized carbons (Fsp3) is 0.545. The van der Waals surface area contributed by atoms with Crippen molar-refractivity contribution in [3.63, 3.8) is 0 Å². The minimum atomic E-state index is 0.120. The van der Waals surface area contributed by atoms with Crippen molar-refractivity contribution < 1.29 is 0 Å². The van der Waals surface area contributed by atoms with Gasteiger partial charge in [0.05, 0.1) is 11.0 Å². The van der Waals surface area contributed by atoms with Crippen LogP contribution in [0.15, 0.2) is 16.8 Å². The fourth-order valence-corrected chi connectivity index (χ4v) is 3.03. The second-order valence-electron chi connectivity index (χ2n) is 4.20. The molecule has 1 aromatic heterocycles. The van der Waals surface area contributed by atoms with Gasteiger partial charge in [-0.1, -0.05) is 12.2 Å². The van der Waals surface area contributed by atoms with Crippen LogP contribution in [-0.4, -0.2) is 48.0 Å². The van der Waals surface area contributed by atoms with E-state index >= 15 is 0 Å². The lowest BCUT2D eigenvalue weighted by Crippen LogP contribution is -2.48. The van der Waals surface area contributed by atoms with E-state index in [1.165, 1.54) is 5.56 Å². The highest BCUT2D eigenvalue weighted by molar-refractivity contribution is 7.80. The van der Waals surface area contributed by atoms with Gasteiger partial charge in [0, 0.05) is 26.2 Å². The molecule has 1 saturated heterocycles. The molecule has 2 rings (SSSR count). The molecule has 0 amide bonds. The highest BCUT2D eigenvalue weighted by Crippen LogP contribution is 2.24. The zero-order valence-corrected chi connectivity index (χ0v) is 11.1. The predicted octanol–water partition coefficient (Wildman–Crippen LogP) is 1.32. The van der Waals surface area contributed by atoms with Crippen LogP contribution in [0, 0.1) is 0 Å². The molecule has 1 unspecified atom stereocenters. The Labute approximate surface area is 106 Å². The van der Waals surface area contributed by atoms with Crippen LogP contribution < -0.4 is 5.73 Å². The predicted molar refractivity (Wildman–Crippen MR) is 72.9 cm³/mol. The summed E-state index contributed by atoms with van der Waals surface area (Å²) in [4.78, 5) is 5.30. The molecule has 88 valence electrons. The van der Waals surface area contributed by atoms with Gasteiger partial charge in [-0.15, -0.1) is 0 Å². The van der Waals surface area contributed by atoms with E-state index in [4.69, 9.17) is 18.0 Å². The molecular formula is C11H17N3S2. The highest BCUT2D eigenvalue weighted by atomic mass is 32.1. The van der Waals surface area contributed by atoms with Crippen molar-refractivity contribution in [1.82, 2.24) is 9.80 Å². The van der Waals surface area contributed by atoms with Crippen molar-refractivity contribution in [2.24, 2.45) is 5.73 Å². The minimum absolute atomic E-state index is 0.120. The van der Waals surface area contributed by atoms with Crippen LogP contribution in [0.25, 0.3) is 0 Å². The number of piperazine rings is 1. The van der Waals surface area contributed by atoms with E-state index in [1.54, 1.807) is 11.3 Å². The lowest BCUT2D eigenvalue weighted by atomic mass is 10.1. The molecule has 0 aromatic carbocycles. The number of hydrogen-bond donors (Lipinski definition) is 1. The highest BCUT2D eigenvalue weighted by Gasteiger charge is 2.25. The van der Waals surface area contributed by atoms with E-state index in [2.05, 4.69) is 33.7 Å². The number of nitrogens with zero attached hydrogens (tertiary/aromatic N) is 2. The van der Waals surface area contributed by atoms with Crippen LogP contribution in [0.4, 0.5) is 0 Å². The second-order valence-corrected chi connectivity index (χ2v) is 5.45. The van der Waals surface area contributed by atoms with Crippen LogP contribution in [0.1, 0.15) is 11.6 Å². The molecule has 1 fully saturated rings. The second kappa shape index (κ2) is 5.23. The fourth-order valence-electron chi connectivity index (χ4n) is 2.07. The number of nitrogens with two attached hydrogens (primary N) is 1. The third-order valence-electron chi connectivity index (χ3n) is 3.03. The van der Waals surface area contributed by atoms with E-state index < -0.39 is 0 Å². The Morgan fingerprint density at radius 2 is 2.12 bits per heavy atom. The molecule has 1 aliphatic heterocycles. The van der Waals surface area contributed by atoms with E-state index in [-0.39, 0.29) is 6.04 Å². The molecule has 0 spiro atoms. The van der Waals surface area contributed by atoms with E-state index in [1.807, 2.05) is 0 Å². The topological polar surface area (TPSA) is 32.5 Å². The quantitative estimate of drug-likeness (QED) is 0.826. The van der Waals surface area contributed by atoms with Gasteiger partial charge in [-0.05, 0) is 29.4 Å². The molecule has 0 saturated carbocycles. The Bertz CT molecular complexity index is 342. The number of rotatable bonds is 3. The Morgan fingerprint density at radius 3 is 2.62 bits per heavy atom. The third kappa shape index (κ3) is 2.60. The van der Waals surface area contributed by atoms with Gasteiger partial charge >= 0.3 is 0 Å². The molecular weight excluding hydrogens is 238 g/mol. The summed E-state index contributed by atoms with van der Waals surface area (Å²) in [7, 11) is 2.15. The van der Waals surface area contributed by atoms with Crippen LogP contribution >= 0.6 is 23.6 Å². The van der Waals surface area contributed by atoms with Gasteiger partial charge in [0.25, 0.3) is 0 Å². The standard InChI is InChI=1S/C11H17N3S2/c1-13-3-5-14(6-4-13)10(11(12)15)9-2-7-16-8-9/h2,7-8,10H,3-6H2,1H3,(H2,12,15). The van der Waals surface area contributed by atoms with Gasteiger partial charge in [0.2, 0.25) is 0 Å². The first-order valence-electron chi connectivity index (χ1n) is 5.42. The molecule has 2 N–H and O–H groups in total. The summed E-state index contributed by atoms with van der Waals surface area (Å²) in [5, 5.41) is 4.22. The van der Waals surface area contributed by atoms with Gasteiger partial charge in [-0.25, -0.2) is 0 Å². The van der Waals surface area contributed by atoms with Crippen molar-refractivity contribution in [2.45, 2.75) is 6.04 Å². The van der Waals surface area contributed by atoms with Crippen molar-refractivity contribution in [2.75, 3.05) is 33.2 Å². The van der Waals surface area contributed by atoms with Crippen molar-refractivity contribution in [3.8, 4) is 0 Å². The van der Waals surface area contributed by atoms with E-state index in [0.717, 1.165) is 26.2 Å². The minimum Gasteiger partial charge on any atom is -0.392 e. The molecule has 1 aliphatic rings. The number of thiocarbonyl (C=S) groups is 1. The maximum Gasteiger partial charge on any atom is 0.0948 e. The molecule has 1 atom stereocenters. The molecule has 3 nitrogen and oxygen atoms in total. The molecule has 2 heterocycles. The summed E-state index contributed by atoms with van der Waals surface area (Å²) < 4.78 is 0. The lowest BCUT2D eigenvalue weighted by molar-refractivity contribution is 0.137.